The Balaban J connectivity index is 1.94. The number of ether oxygens (including phenoxy) is 1. The zero-order valence-electron chi connectivity index (χ0n) is 12.2. The third kappa shape index (κ3) is 2.17. The van der Waals surface area contributed by atoms with Gasteiger partial charge in [-0.05, 0) is 19.3 Å². The molecule has 5 nitrogen and oxygen atoms in total. The summed E-state index contributed by atoms with van der Waals surface area (Å²) in [5, 5.41) is 0.973. The highest BCUT2D eigenvalue weighted by atomic mass is 32.2. The van der Waals surface area contributed by atoms with Crippen molar-refractivity contribution in [3.05, 3.63) is 35.1 Å². The maximum absolute atomic E-state index is 11.2. The number of furan rings is 1. The van der Waals surface area contributed by atoms with E-state index in [1.165, 1.54) is 5.56 Å². The first-order chi connectivity index (χ1) is 10.5. The third-order valence-electron chi connectivity index (χ3n) is 4.90. The van der Waals surface area contributed by atoms with Crippen molar-refractivity contribution < 1.29 is 22.1 Å². The molecule has 2 aliphatic rings. The number of hydrogen-bond acceptors (Lipinski definition) is 4. The average Bonchev–Trinajstić information content (AvgIpc) is 3.03. The SMILES string of the molecule is O=S(=O)(O)Cc1cccc2c3c(oc12)CCCC31CCOC1. The molecule has 1 saturated heterocycles. The van der Waals surface area contributed by atoms with E-state index in [2.05, 4.69) is 0 Å². The molecule has 1 unspecified atom stereocenters. The van der Waals surface area contributed by atoms with Crippen LogP contribution in [0.1, 0.15) is 36.1 Å². The highest BCUT2D eigenvalue weighted by Crippen LogP contribution is 2.48. The fourth-order valence-electron chi connectivity index (χ4n) is 4.01. The second-order valence-electron chi connectivity index (χ2n) is 6.36. The van der Waals surface area contributed by atoms with E-state index in [0.29, 0.717) is 17.8 Å². The Hall–Kier alpha value is -1.37. The molecule has 4 rings (SSSR count). The van der Waals surface area contributed by atoms with Gasteiger partial charge >= 0.3 is 0 Å². The number of fused-ring (bicyclic) bond motifs is 4. The molecule has 1 aromatic heterocycles. The molecule has 0 radical (unpaired) electrons. The summed E-state index contributed by atoms with van der Waals surface area (Å²) in [5.41, 5.74) is 2.32. The second-order valence-corrected chi connectivity index (χ2v) is 7.81. The fourth-order valence-corrected chi connectivity index (χ4v) is 4.63. The van der Waals surface area contributed by atoms with Crippen molar-refractivity contribution in [3.63, 3.8) is 0 Å². The molecule has 1 spiro atoms. The lowest BCUT2D eigenvalue weighted by atomic mass is 9.71. The smallest absolute Gasteiger partial charge is 0.269 e. The molecule has 1 fully saturated rings. The van der Waals surface area contributed by atoms with E-state index >= 15 is 0 Å². The van der Waals surface area contributed by atoms with Crippen molar-refractivity contribution in [2.24, 2.45) is 0 Å². The minimum atomic E-state index is -4.08. The summed E-state index contributed by atoms with van der Waals surface area (Å²) in [6, 6.07) is 5.51. The molecule has 1 aromatic carbocycles. The van der Waals surface area contributed by atoms with Crippen LogP contribution in [0.25, 0.3) is 11.0 Å². The minimum Gasteiger partial charge on any atom is -0.460 e. The number of aryl methyl sites for hydroxylation is 1. The van der Waals surface area contributed by atoms with E-state index in [0.717, 1.165) is 43.4 Å². The van der Waals surface area contributed by atoms with E-state index in [9.17, 15) is 8.42 Å². The van der Waals surface area contributed by atoms with E-state index in [1.54, 1.807) is 6.07 Å². The van der Waals surface area contributed by atoms with Gasteiger partial charge in [-0.2, -0.15) is 8.42 Å². The molecule has 118 valence electrons. The summed E-state index contributed by atoms with van der Waals surface area (Å²) in [7, 11) is -4.08. The van der Waals surface area contributed by atoms with Crippen LogP contribution in [-0.4, -0.2) is 26.2 Å². The summed E-state index contributed by atoms with van der Waals surface area (Å²) in [5.74, 6) is 0.537. The van der Waals surface area contributed by atoms with Crippen LogP contribution in [0, 0.1) is 0 Å². The molecule has 22 heavy (non-hydrogen) atoms. The summed E-state index contributed by atoms with van der Waals surface area (Å²) < 4.78 is 43.3. The molecule has 0 saturated carbocycles. The van der Waals surface area contributed by atoms with Crippen molar-refractivity contribution in [3.8, 4) is 0 Å². The molecular formula is C16H18O5S. The van der Waals surface area contributed by atoms with Crippen LogP contribution >= 0.6 is 0 Å². The van der Waals surface area contributed by atoms with Crippen molar-refractivity contribution >= 4 is 21.1 Å². The standard InChI is InChI=1S/C16H18O5S/c17-22(18,19)9-11-3-1-4-12-14-13(21-15(11)12)5-2-6-16(14)7-8-20-10-16/h1,3-4H,2,5-10H2,(H,17,18,19). The summed E-state index contributed by atoms with van der Waals surface area (Å²) in [6.07, 6.45) is 4.00. The molecule has 1 atom stereocenters. The van der Waals surface area contributed by atoms with Crippen LogP contribution in [0.2, 0.25) is 0 Å². The fraction of sp³-hybridized carbons (Fsp3) is 0.500. The van der Waals surface area contributed by atoms with Gasteiger partial charge in [0.05, 0.1) is 6.61 Å². The van der Waals surface area contributed by atoms with E-state index < -0.39 is 15.9 Å². The van der Waals surface area contributed by atoms with Crippen molar-refractivity contribution in [2.75, 3.05) is 13.2 Å². The predicted octanol–water partition coefficient (Wildman–Crippen LogP) is 2.82. The summed E-state index contributed by atoms with van der Waals surface area (Å²) >= 11 is 0. The highest BCUT2D eigenvalue weighted by molar-refractivity contribution is 7.85. The van der Waals surface area contributed by atoms with Crippen LogP contribution in [-0.2, 0) is 32.4 Å². The first kappa shape index (κ1) is 14.2. The number of benzene rings is 1. The molecule has 0 amide bonds. The Bertz CT molecular complexity index is 828. The van der Waals surface area contributed by atoms with Crippen LogP contribution in [0.4, 0.5) is 0 Å². The Kier molecular flexibility index (Phi) is 3.11. The van der Waals surface area contributed by atoms with Gasteiger partial charge in [-0.25, -0.2) is 0 Å². The van der Waals surface area contributed by atoms with Crippen molar-refractivity contribution in [1.29, 1.82) is 0 Å². The monoisotopic (exact) mass is 322 g/mol. The highest BCUT2D eigenvalue weighted by Gasteiger charge is 2.43. The zero-order chi connectivity index (χ0) is 15.4. The van der Waals surface area contributed by atoms with Gasteiger partial charge in [0.25, 0.3) is 10.1 Å². The van der Waals surface area contributed by atoms with Crippen LogP contribution in [0.5, 0.6) is 0 Å². The topological polar surface area (TPSA) is 76.7 Å². The Morgan fingerprint density at radius 1 is 1.27 bits per heavy atom. The van der Waals surface area contributed by atoms with E-state index in [1.807, 2.05) is 12.1 Å². The summed E-state index contributed by atoms with van der Waals surface area (Å²) in [4.78, 5) is 0. The lowest BCUT2D eigenvalue weighted by Gasteiger charge is -2.31. The van der Waals surface area contributed by atoms with Gasteiger partial charge in [0.15, 0.2) is 0 Å². The molecule has 1 N–H and O–H groups in total. The van der Waals surface area contributed by atoms with Gasteiger partial charge in [-0.3, -0.25) is 4.55 Å². The molecule has 1 aliphatic heterocycles. The molecule has 1 aliphatic carbocycles. The average molecular weight is 322 g/mol. The van der Waals surface area contributed by atoms with Crippen molar-refractivity contribution in [1.82, 2.24) is 0 Å². The number of rotatable bonds is 2. The molecule has 2 aromatic rings. The van der Waals surface area contributed by atoms with Gasteiger partial charge in [0, 0.05) is 35.0 Å². The maximum atomic E-state index is 11.2. The normalized spacial score (nSPS) is 25.0. The first-order valence-corrected chi connectivity index (χ1v) is 9.16. The second kappa shape index (κ2) is 4.81. The van der Waals surface area contributed by atoms with Gasteiger partial charge in [0.1, 0.15) is 17.1 Å². The van der Waals surface area contributed by atoms with Crippen LogP contribution < -0.4 is 0 Å². The van der Waals surface area contributed by atoms with Gasteiger partial charge in [-0.15, -0.1) is 0 Å². The van der Waals surface area contributed by atoms with Gasteiger partial charge < -0.3 is 9.15 Å². The Labute approximate surface area is 129 Å². The third-order valence-corrected chi connectivity index (χ3v) is 5.58. The molecular weight excluding hydrogens is 304 g/mol. The van der Waals surface area contributed by atoms with E-state index in [-0.39, 0.29) is 5.41 Å². The molecule has 6 heteroatoms. The van der Waals surface area contributed by atoms with E-state index in [4.69, 9.17) is 13.7 Å². The first-order valence-electron chi connectivity index (χ1n) is 7.55. The van der Waals surface area contributed by atoms with Crippen LogP contribution in [0.15, 0.2) is 22.6 Å². The van der Waals surface area contributed by atoms with Crippen LogP contribution in [0.3, 0.4) is 0 Å². The Morgan fingerprint density at radius 3 is 2.86 bits per heavy atom. The lowest BCUT2D eigenvalue weighted by molar-refractivity contribution is 0.170. The number of hydrogen-bond donors (Lipinski definition) is 1. The molecule has 2 heterocycles. The maximum Gasteiger partial charge on any atom is 0.269 e. The van der Waals surface area contributed by atoms with Gasteiger partial charge in [0.2, 0.25) is 0 Å². The Morgan fingerprint density at radius 2 is 2.14 bits per heavy atom. The van der Waals surface area contributed by atoms with Crippen molar-refractivity contribution in [2.45, 2.75) is 36.9 Å². The van der Waals surface area contributed by atoms with Gasteiger partial charge in [-0.1, -0.05) is 18.2 Å². The predicted molar refractivity (Wildman–Crippen MR) is 81.5 cm³/mol. The zero-order valence-corrected chi connectivity index (χ0v) is 13.0. The molecule has 0 bridgehead atoms. The largest absolute Gasteiger partial charge is 0.460 e. The minimum absolute atomic E-state index is 0.00947. The lowest BCUT2D eigenvalue weighted by Crippen LogP contribution is -2.30. The number of para-hydroxylation sites is 1. The quantitative estimate of drug-likeness (QED) is 0.860. The summed E-state index contributed by atoms with van der Waals surface area (Å²) in [6.45, 7) is 1.47.